The number of aryl methyl sites for hydroxylation is 1. The summed E-state index contributed by atoms with van der Waals surface area (Å²) in [6.07, 6.45) is 5.32. The quantitative estimate of drug-likeness (QED) is 0.869. The molecule has 2 rings (SSSR count). The van der Waals surface area contributed by atoms with Gasteiger partial charge in [0, 0.05) is 19.8 Å². The molecule has 5 heteroatoms. The number of imidazole rings is 1. The van der Waals surface area contributed by atoms with Crippen molar-refractivity contribution in [3.05, 3.63) is 30.5 Å². The molecule has 0 aliphatic carbocycles. The lowest BCUT2D eigenvalue weighted by Gasteiger charge is -2.07. The number of nitrogens with one attached hydrogen (secondary N) is 1. The smallest absolute Gasteiger partial charge is 0.178 e. The van der Waals surface area contributed by atoms with Gasteiger partial charge in [-0.15, -0.1) is 0 Å². The highest BCUT2D eigenvalue weighted by Gasteiger charge is 2.06. The minimum absolute atomic E-state index is 0.642. The van der Waals surface area contributed by atoms with Gasteiger partial charge in [0.1, 0.15) is 5.69 Å². The van der Waals surface area contributed by atoms with Crippen molar-refractivity contribution in [1.82, 2.24) is 24.8 Å². The van der Waals surface area contributed by atoms with Gasteiger partial charge in [-0.3, -0.25) is 0 Å². The third-order valence-corrected chi connectivity index (χ3v) is 2.62. The molecule has 18 heavy (non-hydrogen) atoms. The van der Waals surface area contributed by atoms with E-state index < -0.39 is 0 Å². The number of nitrogens with zero attached hydrogens (tertiary/aromatic N) is 4. The van der Waals surface area contributed by atoms with Crippen molar-refractivity contribution in [1.29, 1.82) is 0 Å². The van der Waals surface area contributed by atoms with E-state index >= 15 is 0 Å². The molecule has 0 bridgehead atoms. The zero-order chi connectivity index (χ0) is 13.0. The van der Waals surface area contributed by atoms with Crippen LogP contribution in [0.1, 0.15) is 19.5 Å². The molecular weight excluding hydrogens is 226 g/mol. The summed E-state index contributed by atoms with van der Waals surface area (Å²) in [5.74, 6) is 1.36. The van der Waals surface area contributed by atoms with E-state index in [0.717, 1.165) is 30.3 Å². The number of rotatable bonds is 5. The number of aromatic nitrogens is 4. The maximum Gasteiger partial charge on any atom is 0.178 e. The Morgan fingerprint density at radius 1 is 1.39 bits per heavy atom. The fourth-order valence-electron chi connectivity index (χ4n) is 1.68. The van der Waals surface area contributed by atoms with Crippen LogP contribution in [-0.4, -0.2) is 26.1 Å². The number of hydrogen-bond donors (Lipinski definition) is 1. The van der Waals surface area contributed by atoms with E-state index in [4.69, 9.17) is 0 Å². The van der Waals surface area contributed by atoms with Gasteiger partial charge in [-0.2, -0.15) is 0 Å². The first-order valence-corrected chi connectivity index (χ1v) is 6.16. The van der Waals surface area contributed by atoms with Crippen molar-refractivity contribution in [3.8, 4) is 11.5 Å². The van der Waals surface area contributed by atoms with Gasteiger partial charge in [0.05, 0.1) is 18.2 Å². The molecule has 2 heterocycles. The van der Waals surface area contributed by atoms with Crippen LogP contribution in [0.4, 0.5) is 0 Å². The normalized spacial score (nSPS) is 11.1. The Morgan fingerprint density at radius 3 is 2.89 bits per heavy atom. The lowest BCUT2D eigenvalue weighted by atomic mass is 10.2. The van der Waals surface area contributed by atoms with Gasteiger partial charge in [-0.05, 0) is 18.5 Å². The van der Waals surface area contributed by atoms with Crippen LogP contribution in [0.3, 0.4) is 0 Å². The second-order valence-corrected chi connectivity index (χ2v) is 4.79. The van der Waals surface area contributed by atoms with E-state index in [0.29, 0.717) is 5.92 Å². The molecular formula is C13H19N5. The first-order chi connectivity index (χ1) is 8.66. The minimum Gasteiger partial charge on any atom is -0.331 e. The van der Waals surface area contributed by atoms with Gasteiger partial charge < -0.3 is 9.88 Å². The van der Waals surface area contributed by atoms with Crippen LogP contribution < -0.4 is 5.32 Å². The molecule has 1 N–H and O–H groups in total. The molecule has 0 fully saturated rings. The van der Waals surface area contributed by atoms with E-state index in [-0.39, 0.29) is 0 Å². The van der Waals surface area contributed by atoms with E-state index in [2.05, 4.69) is 34.1 Å². The lowest BCUT2D eigenvalue weighted by Crippen LogP contribution is -2.19. The van der Waals surface area contributed by atoms with Gasteiger partial charge in [0.25, 0.3) is 0 Å². The summed E-state index contributed by atoms with van der Waals surface area (Å²) in [4.78, 5) is 12.9. The van der Waals surface area contributed by atoms with Crippen LogP contribution in [0.2, 0.25) is 0 Å². The van der Waals surface area contributed by atoms with Crippen LogP contribution in [-0.2, 0) is 13.6 Å². The van der Waals surface area contributed by atoms with Crippen LogP contribution in [0, 0.1) is 5.92 Å². The molecule has 0 radical (unpaired) electrons. The molecule has 2 aromatic rings. The first-order valence-electron chi connectivity index (χ1n) is 6.16. The fourth-order valence-corrected chi connectivity index (χ4v) is 1.68. The van der Waals surface area contributed by atoms with Crippen LogP contribution in [0.15, 0.2) is 24.8 Å². The molecule has 0 spiro atoms. The number of hydrogen-bond acceptors (Lipinski definition) is 4. The van der Waals surface area contributed by atoms with Gasteiger partial charge in [-0.25, -0.2) is 15.0 Å². The van der Waals surface area contributed by atoms with Gasteiger partial charge in [0.2, 0.25) is 0 Å². The molecule has 2 aromatic heterocycles. The molecule has 0 aromatic carbocycles. The van der Waals surface area contributed by atoms with Gasteiger partial charge in [0.15, 0.2) is 5.82 Å². The summed E-state index contributed by atoms with van der Waals surface area (Å²) in [6.45, 7) is 6.14. The van der Waals surface area contributed by atoms with E-state index in [1.165, 1.54) is 0 Å². The average molecular weight is 245 g/mol. The fraction of sp³-hybridized carbons (Fsp3) is 0.462. The van der Waals surface area contributed by atoms with Crippen molar-refractivity contribution >= 4 is 0 Å². The Labute approximate surface area is 107 Å². The Kier molecular flexibility index (Phi) is 4.04. The third-order valence-electron chi connectivity index (χ3n) is 2.62. The van der Waals surface area contributed by atoms with Gasteiger partial charge >= 0.3 is 0 Å². The van der Waals surface area contributed by atoms with E-state index in [9.17, 15) is 0 Å². The highest BCUT2D eigenvalue weighted by molar-refractivity contribution is 5.47. The maximum absolute atomic E-state index is 4.54. The largest absolute Gasteiger partial charge is 0.331 e. The predicted molar refractivity (Wildman–Crippen MR) is 70.8 cm³/mol. The van der Waals surface area contributed by atoms with E-state index in [1.54, 1.807) is 18.7 Å². The van der Waals surface area contributed by atoms with Gasteiger partial charge in [-0.1, -0.05) is 13.8 Å². The zero-order valence-electron chi connectivity index (χ0n) is 11.1. The predicted octanol–water partition coefficient (Wildman–Crippen LogP) is 1.62. The van der Waals surface area contributed by atoms with Crippen molar-refractivity contribution in [2.45, 2.75) is 20.4 Å². The van der Waals surface area contributed by atoms with Crippen LogP contribution >= 0.6 is 0 Å². The SMILES string of the molecule is CC(C)CNCc1ccnc(-c2cncn2C)n1. The second kappa shape index (κ2) is 5.73. The topological polar surface area (TPSA) is 55.6 Å². The van der Waals surface area contributed by atoms with Crippen molar-refractivity contribution in [2.24, 2.45) is 13.0 Å². The second-order valence-electron chi connectivity index (χ2n) is 4.79. The molecule has 0 saturated heterocycles. The molecule has 0 amide bonds. The Morgan fingerprint density at radius 2 is 2.22 bits per heavy atom. The van der Waals surface area contributed by atoms with Crippen molar-refractivity contribution < 1.29 is 0 Å². The minimum atomic E-state index is 0.642. The molecule has 0 atom stereocenters. The maximum atomic E-state index is 4.54. The van der Waals surface area contributed by atoms with Crippen molar-refractivity contribution in [3.63, 3.8) is 0 Å². The monoisotopic (exact) mass is 245 g/mol. The van der Waals surface area contributed by atoms with Crippen molar-refractivity contribution in [2.75, 3.05) is 6.54 Å². The summed E-state index contributed by atoms with van der Waals surface area (Å²) in [5, 5.41) is 3.38. The molecule has 0 unspecified atom stereocenters. The summed E-state index contributed by atoms with van der Waals surface area (Å²) in [6, 6.07) is 1.94. The molecule has 5 nitrogen and oxygen atoms in total. The Balaban J connectivity index is 2.08. The molecule has 0 saturated carbocycles. The molecule has 0 aliphatic heterocycles. The zero-order valence-corrected chi connectivity index (χ0v) is 11.1. The highest BCUT2D eigenvalue weighted by Crippen LogP contribution is 2.12. The standard InChI is InChI=1S/C13H19N5/c1-10(2)6-14-7-11-4-5-16-13(17-11)12-8-15-9-18(12)3/h4-5,8-10,14H,6-7H2,1-3H3. The third kappa shape index (κ3) is 3.13. The van der Waals surface area contributed by atoms with Crippen LogP contribution in [0.25, 0.3) is 11.5 Å². The Bertz CT molecular complexity index is 504. The summed E-state index contributed by atoms with van der Waals surface area (Å²) < 4.78 is 1.92. The highest BCUT2D eigenvalue weighted by atomic mass is 15.1. The summed E-state index contributed by atoms with van der Waals surface area (Å²) in [5.41, 5.74) is 1.93. The summed E-state index contributed by atoms with van der Waals surface area (Å²) in [7, 11) is 1.94. The molecule has 96 valence electrons. The van der Waals surface area contributed by atoms with E-state index in [1.807, 2.05) is 17.7 Å². The lowest BCUT2D eigenvalue weighted by molar-refractivity contribution is 0.548. The summed E-state index contributed by atoms with van der Waals surface area (Å²) >= 11 is 0. The Hall–Kier alpha value is -1.75. The first kappa shape index (κ1) is 12.7. The van der Waals surface area contributed by atoms with Crippen LogP contribution in [0.5, 0.6) is 0 Å². The molecule has 0 aliphatic rings. The average Bonchev–Trinajstić information content (AvgIpc) is 2.75.